The number of hydrogen-bond acceptors (Lipinski definition) is 2. The molecule has 2 fully saturated rings. The molecular weight excluding hydrogens is 312 g/mol. The Morgan fingerprint density at radius 3 is 2.64 bits per heavy atom. The molecule has 0 bridgehead atoms. The molecule has 0 aromatic heterocycles. The first kappa shape index (κ1) is 17.8. The van der Waals surface area contributed by atoms with Crippen molar-refractivity contribution in [2.24, 2.45) is 10.4 Å². The first-order chi connectivity index (χ1) is 12.2. The van der Waals surface area contributed by atoms with Crippen LogP contribution in [-0.4, -0.2) is 43.4 Å². The zero-order valence-electron chi connectivity index (χ0n) is 15.3. The molecule has 1 aromatic carbocycles. The number of hydrogen-bond donors (Lipinski definition) is 2. The topological polar surface area (TPSA) is 56.7 Å². The summed E-state index contributed by atoms with van der Waals surface area (Å²) >= 11 is 0. The van der Waals surface area contributed by atoms with E-state index in [1.807, 2.05) is 37.4 Å². The molecule has 1 saturated heterocycles. The van der Waals surface area contributed by atoms with Gasteiger partial charge in [0.15, 0.2) is 5.96 Å². The summed E-state index contributed by atoms with van der Waals surface area (Å²) < 4.78 is 0. The van der Waals surface area contributed by atoms with Gasteiger partial charge in [0.05, 0.1) is 0 Å². The van der Waals surface area contributed by atoms with Gasteiger partial charge in [-0.25, -0.2) is 0 Å². The fourth-order valence-corrected chi connectivity index (χ4v) is 4.15. The lowest BCUT2D eigenvalue weighted by Gasteiger charge is -2.25. The number of benzene rings is 1. The SMILES string of the molecule is CN=C(NCCC(=O)NCc1ccccc1)N1CCC2(CCCC2)C1. The van der Waals surface area contributed by atoms with Crippen molar-refractivity contribution < 1.29 is 4.79 Å². The van der Waals surface area contributed by atoms with Gasteiger partial charge in [-0.05, 0) is 30.2 Å². The molecule has 2 aliphatic rings. The van der Waals surface area contributed by atoms with Crippen molar-refractivity contribution in [1.82, 2.24) is 15.5 Å². The van der Waals surface area contributed by atoms with Crippen molar-refractivity contribution in [3.05, 3.63) is 35.9 Å². The number of carbonyl (C=O) groups excluding carboxylic acids is 1. The van der Waals surface area contributed by atoms with Crippen molar-refractivity contribution in [1.29, 1.82) is 0 Å². The Labute approximate surface area is 150 Å². The zero-order chi connectivity index (χ0) is 17.5. The lowest BCUT2D eigenvalue weighted by Crippen LogP contribution is -2.42. The summed E-state index contributed by atoms with van der Waals surface area (Å²) in [5, 5.41) is 6.33. The van der Waals surface area contributed by atoms with Gasteiger partial charge in [0.1, 0.15) is 0 Å². The van der Waals surface area contributed by atoms with Crippen LogP contribution in [0, 0.1) is 5.41 Å². The molecule has 1 aliphatic carbocycles. The third-order valence-electron chi connectivity index (χ3n) is 5.58. The summed E-state index contributed by atoms with van der Waals surface area (Å²) in [6.45, 7) is 3.41. The van der Waals surface area contributed by atoms with Crippen molar-refractivity contribution in [2.45, 2.75) is 45.1 Å². The van der Waals surface area contributed by atoms with Crippen LogP contribution in [0.15, 0.2) is 35.3 Å². The van der Waals surface area contributed by atoms with Gasteiger partial charge in [-0.15, -0.1) is 0 Å². The maximum atomic E-state index is 12.0. The van der Waals surface area contributed by atoms with E-state index in [-0.39, 0.29) is 5.91 Å². The van der Waals surface area contributed by atoms with Crippen LogP contribution < -0.4 is 10.6 Å². The third-order valence-corrected chi connectivity index (χ3v) is 5.58. The van der Waals surface area contributed by atoms with Gasteiger partial charge in [0.2, 0.25) is 5.91 Å². The molecule has 5 heteroatoms. The van der Waals surface area contributed by atoms with Crippen LogP contribution in [0.1, 0.15) is 44.1 Å². The molecule has 1 amide bonds. The maximum absolute atomic E-state index is 12.0. The third kappa shape index (κ3) is 4.74. The fraction of sp³-hybridized carbons (Fsp3) is 0.600. The summed E-state index contributed by atoms with van der Waals surface area (Å²) in [6.07, 6.45) is 7.23. The van der Waals surface area contributed by atoms with Crippen LogP contribution in [0.5, 0.6) is 0 Å². The highest BCUT2D eigenvalue weighted by Crippen LogP contribution is 2.45. The van der Waals surface area contributed by atoms with E-state index in [4.69, 9.17) is 0 Å². The first-order valence-electron chi connectivity index (χ1n) is 9.47. The van der Waals surface area contributed by atoms with E-state index in [0.717, 1.165) is 24.6 Å². The van der Waals surface area contributed by atoms with E-state index in [2.05, 4.69) is 20.5 Å². The second-order valence-electron chi connectivity index (χ2n) is 7.36. The smallest absolute Gasteiger partial charge is 0.222 e. The highest BCUT2D eigenvalue weighted by atomic mass is 16.1. The Morgan fingerprint density at radius 2 is 1.92 bits per heavy atom. The molecular formula is C20H30N4O. The highest BCUT2D eigenvalue weighted by molar-refractivity contribution is 5.81. The zero-order valence-corrected chi connectivity index (χ0v) is 15.3. The summed E-state index contributed by atoms with van der Waals surface area (Å²) in [7, 11) is 1.83. The Balaban J connectivity index is 1.38. The van der Waals surface area contributed by atoms with E-state index in [0.29, 0.717) is 24.9 Å². The normalized spacial score (nSPS) is 19.4. The summed E-state index contributed by atoms with van der Waals surface area (Å²) in [5.74, 6) is 1.01. The average Bonchev–Trinajstić information content (AvgIpc) is 3.28. The van der Waals surface area contributed by atoms with Gasteiger partial charge in [-0.1, -0.05) is 43.2 Å². The molecule has 1 spiro atoms. The lowest BCUT2D eigenvalue weighted by atomic mass is 9.86. The molecule has 0 unspecified atom stereocenters. The van der Waals surface area contributed by atoms with Crippen molar-refractivity contribution >= 4 is 11.9 Å². The monoisotopic (exact) mass is 342 g/mol. The van der Waals surface area contributed by atoms with Gasteiger partial charge >= 0.3 is 0 Å². The Bertz CT molecular complexity index is 593. The van der Waals surface area contributed by atoms with Crippen LogP contribution in [0.2, 0.25) is 0 Å². The number of likely N-dealkylation sites (tertiary alicyclic amines) is 1. The van der Waals surface area contributed by atoms with E-state index < -0.39 is 0 Å². The Morgan fingerprint density at radius 1 is 1.16 bits per heavy atom. The quantitative estimate of drug-likeness (QED) is 0.639. The van der Waals surface area contributed by atoms with E-state index in [9.17, 15) is 4.79 Å². The average molecular weight is 342 g/mol. The lowest BCUT2D eigenvalue weighted by molar-refractivity contribution is -0.121. The predicted octanol–water partition coefficient (Wildman–Crippen LogP) is 2.53. The van der Waals surface area contributed by atoms with E-state index in [1.54, 1.807) is 0 Å². The molecule has 136 valence electrons. The summed E-state index contributed by atoms with van der Waals surface area (Å²) in [5.41, 5.74) is 1.66. The molecule has 25 heavy (non-hydrogen) atoms. The number of carbonyl (C=O) groups is 1. The van der Waals surface area contributed by atoms with Crippen LogP contribution in [0.25, 0.3) is 0 Å². The van der Waals surface area contributed by atoms with Gasteiger partial charge in [-0.2, -0.15) is 0 Å². The van der Waals surface area contributed by atoms with E-state index >= 15 is 0 Å². The summed E-state index contributed by atoms with van der Waals surface area (Å²) in [6, 6.07) is 9.99. The standard InChI is InChI=1S/C20H30N4O/c1-21-19(24-14-12-20(16-24)10-5-6-11-20)22-13-9-18(25)23-15-17-7-3-2-4-8-17/h2-4,7-8H,5-6,9-16H2,1H3,(H,21,22)(H,23,25). The second kappa shape index (κ2) is 8.37. The van der Waals surface area contributed by atoms with Crippen LogP contribution in [0.3, 0.4) is 0 Å². The number of amides is 1. The number of guanidine groups is 1. The van der Waals surface area contributed by atoms with Crippen LogP contribution in [0.4, 0.5) is 0 Å². The molecule has 1 aliphatic heterocycles. The summed E-state index contributed by atoms with van der Waals surface area (Å²) in [4.78, 5) is 18.8. The van der Waals surface area contributed by atoms with Crippen molar-refractivity contribution in [3.63, 3.8) is 0 Å². The van der Waals surface area contributed by atoms with Crippen LogP contribution >= 0.6 is 0 Å². The van der Waals surface area contributed by atoms with Crippen molar-refractivity contribution in [2.75, 3.05) is 26.7 Å². The van der Waals surface area contributed by atoms with Gasteiger partial charge in [0.25, 0.3) is 0 Å². The second-order valence-corrected chi connectivity index (χ2v) is 7.36. The first-order valence-corrected chi connectivity index (χ1v) is 9.47. The molecule has 5 nitrogen and oxygen atoms in total. The number of aliphatic imine (C=N–C) groups is 1. The largest absolute Gasteiger partial charge is 0.356 e. The Hall–Kier alpha value is -2.04. The number of nitrogens with zero attached hydrogens (tertiary/aromatic N) is 2. The van der Waals surface area contributed by atoms with Gasteiger partial charge < -0.3 is 15.5 Å². The van der Waals surface area contributed by atoms with Crippen molar-refractivity contribution in [3.8, 4) is 0 Å². The number of rotatable bonds is 5. The minimum absolute atomic E-state index is 0.0699. The maximum Gasteiger partial charge on any atom is 0.222 e. The van der Waals surface area contributed by atoms with Gasteiger partial charge in [-0.3, -0.25) is 9.79 Å². The van der Waals surface area contributed by atoms with Gasteiger partial charge in [0, 0.05) is 39.6 Å². The molecule has 3 rings (SSSR count). The predicted molar refractivity (Wildman–Crippen MR) is 101 cm³/mol. The van der Waals surface area contributed by atoms with E-state index in [1.165, 1.54) is 32.1 Å². The molecule has 2 N–H and O–H groups in total. The molecule has 1 heterocycles. The van der Waals surface area contributed by atoms with Crippen LogP contribution in [-0.2, 0) is 11.3 Å². The molecule has 1 saturated carbocycles. The fourth-order valence-electron chi connectivity index (χ4n) is 4.15. The Kier molecular flexibility index (Phi) is 5.95. The number of nitrogens with one attached hydrogen (secondary N) is 2. The molecule has 0 radical (unpaired) electrons. The highest BCUT2D eigenvalue weighted by Gasteiger charge is 2.40. The molecule has 0 atom stereocenters. The minimum Gasteiger partial charge on any atom is -0.356 e. The minimum atomic E-state index is 0.0699. The molecule has 1 aromatic rings.